The van der Waals surface area contributed by atoms with Crippen molar-refractivity contribution in [3.05, 3.63) is 24.2 Å². The summed E-state index contributed by atoms with van der Waals surface area (Å²) < 4.78 is 5.45. The van der Waals surface area contributed by atoms with Crippen molar-refractivity contribution in [2.45, 2.75) is 32.9 Å². The molecule has 4 heteroatoms. The second-order valence-electron chi connectivity index (χ2n) is 5.95. The van der Waals surface area contributed by atoms with Crippen LogP contribution in [-0.2, 0) is 6.54 Å². The summed E-state index contributed by atoms with van der Waals surface area (Å²) in [4.78, 5) is 2.43. The van der Waals surface area contributed by atoms with Crippen molar-refractivity contribution >= 4 is 0 Å². The van der Waals surface area contributed by atoms with Crippen molar-refractivity contribution in [1.29, 1.82) is 0 Å². The molecule has 0 aliphatic carbocycles. The number of nitrogens with zero attached hydrogens (tertiary/aromatic N) is 1. The van der Waals surface area contributed by atoms with Gasteiger partial charge >= 0.3 is 0 Å². The monoisotopic (exact) mass is 252 g/mol. The topological polar surface area (TPSA) is 48.6 Å². The van der Waals surface area contributed by atoms with Crippen molar-refractivity contribution in [1.82, 2.24) is 10.2 Å². The van der Waals surface area contributed by atoms with Crippen LogP contribution in [0.4, 0.5) is 0 Å². The Morgan fingerprint density at radius 2 is 2.39 bits per heavy atom. The number of hydrogen-bond acceptors (Lipinski definition) is 4. The molecule has 0 amide bonds. The molecule has 0 aromatic carbocycles. The number of aliphatic hydroxyl groups is 1. The van der Waals surface area contributed by atoms with E-state index < -0.39 is 0 Å². The van der Waals surface area contributed by atoms with Gasteiger partial charge in [-0.25, -0.2) is 0 Å². The SMILES string of the molecule is CC1(C)CNCC(CCO)N(Cc2ccco2)C1. The molecule has 18 heavy (non-hydrogen) atoms. The molecule has 2 N–H and O–H groups in total. The minimum atomic E-state index is 0.238. The van der Waals surface area contributed by atoms with E-state index in [1.54, 1.807) is 6.26 Å². The maximum absolute atomic E-state index is 9.21. The standard InChI is InChI=1S/C14H24N2O2/c1-14(2)10-15-8-12(5-6-17)16(11-14)9-13-4-3-7-18-13/h3-4,7,12,15,17H,5-6,8-11H2,1-2H3. The Morgan fingerprint density at radius 3 is 3.06 bits per heavy atom. The van der Waals surface area contributed by atoms with E-state index in [1.807, 2.05) is 12.1 Å². The van der Waals surface area contributed by atoms with Crippen molar-refractivity contribution in [2.75, 3.05) is 26.2 Å². The average molecular weight is 252 g/mol. The van der Waals surface area contributed by atoms with Crippen LogP contribution in [0.25, 0.3) is 0 Å². The van der Waals surface area contributed by atoms with E-state index in [-0.39, 0.29) is 12.0 Å². The molecule has 1 atom stereocenters. The number of aliphatic hydroxyl groups excluding tert-OH is 1. The maximum atomic E-state index is 9.21. The predicted molar refractivity (Wildman–Crippen MR) is 71.3 cm³/mol. The molecule has 2 rings (SSSR count). The number of rotatable bonds is 4. The zero-order valence-corrected chi connectivity index (χ0v) is 11.4. The molecule has 0 spiro atoms. The summed E-state index contributed by atoms with van der Waals surface area (Å²) in [5, 5.41) is 12.7. The number of hydrogen-bond donors (Lipinski definition) is 2. The fourth-order valence-electron chi connectivity index (χ4n) is 2.66. The van der Waals surface area contributed by atoms with E-state index in [0.717, 1.165) is 38.4 Å². The first-order valence-corrected chi connectivity index (χ1v) is 6.69. The molecule has 0 saturated carbocycles. The molecule has 2 heterocycles. The van der Waals surface area contributed by atoms with Crippen molar-refractivity contribution in [2.24, 2.45) is 5.41 Å². The molecule has 0 radical (unpaired) electrons. The maximum Gasteiger partial charge on any atom is 0.117 e. The van der Waals surface area contributed by atoms with E-state index >= 15 is 0 Å². The lowest BCUT2D eigenvalue weighted by Crippen LogP contribution is -2.41. The van der Waals surface area contributed by atoms with Crippen LogP contribution >= 0.6 is 0 Å². The van der Waals surface area contributed by atoms with Gasteiger partial charge in [-0.15, -0.1) is 0 Å². The van der Waals surface area contributed by atoms with E-state index in [2.05, 4.69) is 24.1 Å². The van der Waals surface area contributed by atoms with Gasteiger partial charge in [-0.1, -0.05) is 13.8 Å². The molecule has 102 valence electrons. The Balaban J connectivity index is 2.08. The lowest BCUT2D eigenvalue weighted by atomic mass is 9.93. The Labute approximate surface area is 109 Å². The highest BCUT2D eigenvalue weighted by Gasteiger charge is 2.30. The zero-order chi connectivity index (χ0) is 13.0. The lowest BCUT2D eigenvalue weighted by molar-refractivity contribution is 0.118. The summed E-state index contributed by atoms with van der Waals surface area (Å²) in [7, 11) is 0. The predicted octanol–water partition coefficient (Wildman–Crippen LogP) is 1.46. The highest BCUT2D eigenvalue weighted by Crippen LogP contribution is 2.23. The third-order valence-electron chi connectivity index (χ3n) is 3.53. The van der Waals surface area contributed by atoms with Crippen molar-refractivity contribution in [3.63, 3.8) is 0 Å². The fraction of sp³-hybridized carbons (Fsp3) is 0.714. The van der Waals surface area contributed by atoms with Gasteiger partial charge in [0.1, 0.15) is 5.76 Å². The van der Waals surface area contributed by atoms with Crippen LogP contribution in [0.1, 0.15) is 26.0 Å². The Bertz CT molecular complexity index is 349. The molecule has 1 aliphatic heterocycles. The largest absolute Gasteiger partial charge is 0.468 e. The summed E-state index contributed by atoms with van der Waals surface area (Å²) in [5.74, 6) is 0.996. The van der Waals surface area contributed by atoms with Gasteiger partial charge in [0, 0.05) is 32.3 Å². The third kappa shape index (κ3) is 3.57. The molecular weight excluding hydrogens is 228 g/mol. The Kier molecular flexibility index (Phi) is 4.43. The fourth-order valence-corrected chi connectivity index (χ4v) is 2.66. The quantitative estimate of drug-likeness (QED) is 0.852. The Hall–Kier alpha value is -0.840. The molecule has 1 fully saturated rings. The minimum absolute atomic E-state index is 0.238. The van der Waals surface area contributed by atoms with Gasteiger partial charge in [0.05, 0.1) is 12.8 Å². The average Bonchev–Trinajstić information content (AvgIpc) is 2.74. The second-order valence-corrected chi connectivity index (χ2v) is 5.95. The molecule has 1 unspecified atom stereocenters. The van der Waals surface area contributed by atoms with Crippen molar-refractivity contribution in [3.8, 4) is 0 Å². The van der Waals surface area contributed by atoms with E-state index in [9.17, 15) is 5.11 Å². The third-order valence-corrected chi connectivity index (χ3v) is 3.53. The van der Waals surface area contributed by atoms with Crippen LogP contribution in [0, 0.1) is 5.41 Å². The summed E-state index contributed by atoms with van der Waals surface area (Å²) in [6.07, 6.45) is 2.53. The highest BCUT2D eigenvalue weighted by atomic mass is 16.3. The van der Waals surface area contributed by atoms with E-state index in [0.29, 0.717) is 6.04 Å². The summed E-state index contributed by atoms with van der Waals surface area (Å²) in [5.41, 5.74) is 0.247. The summed E-state index contributed by atoms with van der Waals surface area (Å²) >= 11 is 0. The normalized spacial score (nSPS) is 24.9. The van der Waals surface area contributed by atoms with Gasteiger partial charge in [-0.3, -0.25) is 4.90 Å². The molecule has 1 aromatic heterocycles. The van der Waals surface area contributed by atoms with E-state index in [4.69, 9.17) is 4.42 Å². The van der Waals surface area contributed by atoms with Crippen molar-refractivity contribution < 1.29 is 9.52 Å². The first-order chi connectivity index (χ1) is 8.61. The molecule has 1 aromatic rings. The highest BCUT2D eigenvalue weighted by molar-refractivity contribution is 4.99. The summed E-state index contributed by atoms with van der Waals surface area (Å²) in [6.45, 7) is 8.58. The van der Waals surface area contributed by atoms with Gasteiger partial charge < -0.3 is 14.8 Å². The van der Waals surface area contributed by atoms with Gasteiger partial charge in [0.25, 0.3) is 0 Å². The van der Waals surface area contributed by atoms with Crippen LogP contribution in [-0.4, -0.2) is 42.3 Å². The van der Waals surface area contributed by atoms with Crippen LogP contribution in [0.5, 0.6) is 0 Å². The molecule has 1 saturated heterocycles. The van der Waals surface area contributed by atoms with Gasteiger partial charge in [-0.2, -0.15) is 0 Å². The first kappa shape index (κ1) is 13.6. The van der Waals surface area contributed by atoms with Gasteiger partial charge in [0.15, 0.2) is 0 Å². The van der Waals surface area contributed by atoms with Crippen LogP contribution in [0.3, 0.4) is 0 Å². The molecule has 4 nitrogen and oxygen atoms in total. The molecule has 1 aliphatic rings. The minimum Gasteiger partial charge on any atom is -0.468 e. The first-order valence-electron chi connectivity index (χ1n) is 6.69. The smallest absolute Gasteiger partial charge is 0.117 e. The zero-order valence-electron chi connectivity index (χ0n) is 11.4. The summed E-state index contributed by atoms with van der Waals surface area (Å²) in [6, 6.07) is 4.32. The van der Waals surface area contributed by atoms with Crippen LogP contribution in [0.2, 0.25) is 0 Å². The number of furan rings is 1. The van der Waals surface area contributed by atoms with Gasteiger partial charge in [0.2, 0.25) is 0 Å². The van der Waals surface area contributed by atoms with E-state index in [1.165, 1.54) is 0 Å². The van der Waals surface area contributed by atoms with Crippen LogP contribution < -0.4 is 5.32 Å². The molecular formula is C14H24N2O2. The number of nitrogens with one attached hydrogen (secondary N) is 1. The second kappa shape index (κ2) is 5.87. The van der Waals surface area contributed by atoms with Crippen LogP contribution in [0.15, 0.2) is 22.8 Å². The Morgan fingerprint density at radius 1 is 1.56 bits per heavy atom. The van der Waals surface area contributed by atoms with Gasteiger partial charge in [-0.05, 0) is 24.0 Å². The molecule has 0 bridgehead atoms. The lowest BCUT2D eigenvalue weighted by Gasteiger charge is -2.33.